The molecule has 1 atom stereocenters. The molecule has 0 saturated heterocycles. The lowest BCUT2D eigenvalue weighted by molar-refractivity contribution is -0.121. The van der Waals surface area contributed by atoms with Gasteiger partial charge in [-0.2, -0.15) is 5.10 Å². The average molecular weight is 316 g/mol. The van der Waals surface area contributed by atoms with Crippen molar-refractivity contribution in [3.8, 4) is 0 Å². The molecule has 22 heavy (non-hydrogen) atoms. The Bertz CT molecular complexity index is 685. The third-order valence-electron chi connectivity index (χ3n) is 3.19. The minimum atomic E-state index is -0.399. The third kappa shape index (κ3) is 4.33. The van der Waals surface area contributed by atoms with Crippen molar-refractivity contribution >= 4 is 29.4 Å². The number of carbonyl (C=O) groups is 1. The summed E-state index contributed by atoms with van der Waals surface area (Å²) in [5, 5.41) is 7.69. The van der Waals surface area contributed by atoms with E-state index in [0.717, 1.165) is 16.8 Å². The van der Waals surface area contributed by atoms with E-state index in [2.05, 4.69) is 15.8 Å². The number of hydrogen-bond donors (Lipinski definition) is 2. The summed E-state index contributed by atoms with van der Waals surface area (Å²) < 4.78 is 0. The van der Waals surface area contributed by atoms with Crippen LogP contribution in [0.5, 0.6) is 0 Å². The van der Waals surface area contributed by atoms with E-state index in [1.165, 1.54) is 6.21 Å². The summed E-state index contributed by atoms with van der Waals surface area (Å²) in [7, 11) is 0. The summed E-state index contributed by atoms with van der Waals surface area (Å²) in [4.78, 5) is 12.0. The van der Waals surface area contributed by atoms with E-state index < -0.39 is 6.04 Å². The monoisotopic (exact) mass is 315 g/mol. The SMILES string of the molecule is Cc1ccccc1NC(C)C(=O)NN=Cc1ccccc1Cl. The van der Waals surface area contributed by atoms with Crippen LogP contribution < -0.4 is 10.7 Å². The molecule has 5 heteroatoms. The maximum absolute atomic E-state index is 12.0. The van der Waals surface area contributed by atoms with E-state index in [4.69, 9.17) is 11.6 Å². The summed E-state index contributed by atoms with van der Waals surface area (Å²) >= 11 is 6.01. The zero-order valence-electron chi connectivity index (χ0n) is 12.5. The fourth-order valence-electron chi connectivity index (χ4n) is 1.88. The van der Waals surface area contributed by atoms with Crippen LogP contribution in [-0.4, -0.2) is 18.2 Å². The van der Waals surface area contributed by atoms with Crippen molar-refractivity contribution in [2.24, 2.45) is 5.10 Å². The van der Waals surface area contributed by atoms with Gasteiger partial charge in [-0.25, -0.2) is 5.43 Å². The number of nitrogens with zero attached hydrogens (tertiary/aromatic N) is 1. The summed E-state index contributed by atoms with van der Waals surface area (Å²) in [5.74, 6) is -0.216. The molecule has 2 N–H and O–H groups in total. The zero-order chi connectivity index (χ0) is 15.9. The van der Waals surface area contributed by atoms with Gasteiger partial charge in [0.25, 0.3) is 5.91 Å². The molecule has 1 unspecified atom stereocenters. The van der Waals surface area contributed by atoms with Crippen LogP contribution in [0.25, 0.3) is 0 Å². The molecule has 4 nitrogen and oxygen atoms in total. The summed E-state index contributed by atoms with van der Waals surface area (Å²) in [6.45, 7) is 3.77. The van der Waals surface area contributed by atoms with Crippen molar-refractivity contribution < 1.29 is 4.79 Å². The number of rotatable bonds is 5. The van der Waals surface area contributed by atoms with Crippen LogP contribution in [0.4, 0.5) is 5.69 Å². The molecule has 0 aromatic heterocycles. The Labute approximate surface area is 135 Å². The molecule has 0 radical (unpaired) electrons. The minimum absolute atomic E-state index is 0.216. The first-order valence-electron chi connectivity index (χ1n) is 6.97. The number of amides is 1. The summed E-state index contributed by atoms with van der Waals surface area (Å²) in [5.41, 5.74) is 5.28. The van der Waals surface area contributed by atoms with Gasteiger partial charge in [0.15, 0.2) is 0 Å². The molecule has 0 saturated carbocycles. The number of halogens is 1. The lowest BCUT2D eigenvalue weighted by atomic mass is 10.2. The number of hydrazone groups is 1. The van der Waals surface area contributed by atoms with Gasteiger partial charge in [0.05, 0.1) is 6.21 Å². The van der Waals surface area contributed by atoms with Crippen molar-refractivity contribution in [3.05, 3.63) is 64.7 Å². The van der Waals surface area contributed by atoms with Crippen molar-refractivity contribution in [2.45, 2.75) is 19.9 Å². The standard InChI is InChI=1S/C17H18ClN3O/c1-12-7-3-6-10-16(12)20-13(2)17(22)21-19-11-14-8-4-5-9-15(14)18/h3-11,13,20H,1-2H3,(H,21,22). The van der Waals surface area contributed by atoms with Crippen LogP contribution in [0.2, 0.25) is 5.02 Å². The Morgan fingerprint density at radius 1 is 1.18 bits per heavy atom. The second-order valence-corrected chi connectivity index (χ2v) is 5.34. The van der Waals surface area contributed by atoms with Gasteiger partial charge < -0.3 is 5.32 Å². The molecule has 0 heterocycles. The molecule has 2 aromatic rings. The van der Waals surface area contributed by atoms with Crippen LogP contribution in [0, 0.1) is 6.92 Å². The van der Waals surface area contributed by atoms with E-state index >= 15 is 0 Å². The molecule has 114 valence electrons. The highest BCUT2D eigenvalue weighted by Gasteiger charge is 2.12. The molecule has 0 fully saturated rings. The Balaban J connectivity index is 1.92. The quantitative estimate of drug-likeness (QED) is 0.654. The molecule has 0 aliphatic rings. The van der Waals surface area contributed by atoms with E-state index in [9.17, 15) is 4.79 Å². The third-order valence-corrected chi connectivity index (χ3v) is 3.54. The Kier molecular flexibility index (Phi) is 5.55. The van der Waals surface area contributed by atoms with E-state index in [1.54, 1.807) is 13.0 Å². The van der Waals surface area contributed by atoms with Gasteiger partial charge in [0, 0.05) is 16.3 Å². The predicted octanol–water partition coefficient (Wildman–Crippen LogP) is 3.60. The summed E-state index contributed by atoms with van der Waals surface area (Å²) in [6.07, 6.45) is 1.53. The maximum Gasteiger partial charge on any atom is 0.262 e. The number of hydrogen-bond acceptors (Lipinski definition) is 3. The van der Waals surface area contributed by atoms with Gasteiger partial charge in [0.1, 0.15) is 6.04 Å². The van der Waals surface area contributed by atoms with Crippen LogP contribution in [-0.2, 0) is 4.79 Å². The highest BCUT2D eigenvalue weighted by atomic mass is 35.5. The first-order valence-corrected chi connectivity index (χ1v) is 7.35. The second-order valence-electron chi connectivity index (χ2n) is 4.94. The van der Waals surface area contributed by atoms with Gasteiger partial charge in [0.2, 0.25) is 0 Å². The smallest absolute Gasteiger partial charge is 0.262 e. The molecule has 0 spiro atoms. The maximum atomic E-state index is 12.0. The van der Waals surface area contributed by atoms with Gasteiger partial charge in [-0.05, 0) is 31.5 Å². The highest BCUT2D eigenvalue weighted by Crippen LogP contribution is 2.14. The van der Waals surface area contributed by atoms with Crippen LogP contribution in [0.3, 0.4) is 0 Å². The molecule has 0 bridgehead atoms. The minimum Gasteiger partial charge on any atom is -0.374 e. The Morgan fingerprint density at radius 2 is 1.86 bits per heavy atom. The summed E-state index contributed by atoms with van der Waals surface area (Å²) in [6, 6.07) is 14.7. The molecule has 2 aromatic carbocycles. The van der Waals surface area contributed by atoms with Crippen molar-refractivity contribution in [3.63, 3.8) is 0 Å². The fourth-order valence-corrected chi connectivity index (χ4v) is 2.06. The normalized spacial score (nSPS) is 12.1. The van der Waals surface area contributed by atoms with Crippen LogP contribution in [0.1, 0.15) is 18.1 Å². The largest absolute Gasteiger partial charge is 0.374 e. The lowest BCUT2D eigenvalue weighted by Gasteiger charge is -2.15. The Hall–Kier alpha value is -2.33. The number of benzene rings is 2. The van der Waals surface area contributed by atoms with Crippen molar-refractivity contribution in [1.82, 2.24) is 5.43 Å². The van der Waals surface area contributed by atoms with Crippen LogP contribution in [0.15, 0.2) is 53.6 Å². The number of carbonyl (C=O) groups excluding carboxylic acids is 1. The molecular formula is C17H18ClN3O. The first-order chi connectivity index (χ1) is 10.6. The number of anilines is 1. The van der Waals surface area contributed by atoms with Crippen LogP contribution >= 0.6 is 11.6 Å². The van der Waals surface area contributed by atoms with E-state index in [-0.39, 0.29) is 5.91 Å². The second kappa shape index (κ2) is 7.61. The average Bonchev–Trinajstić information content (AvgIpc) is 2.51. The van der Waals surface area contributed by atoms with Gasteiger partial charge in [-0.15, -0.1) is 0 Å². The molecule has 0 aliphatic heterocycles. The molecule has 0 aliphatic carbocycles. The highest BCUT2D eigenvalue weighted by molar-refractivity contribution is 6.33. The fraction of sp³-hybridized carbons (Fsp3) is 0.176. The molecule has 2 rings (SSSR count). The van der Waals surface area contributed by atoms with Gasteiger partial charge in [-0.1, -0.05) is 48.0 Å². The Morgan fingerprint density at radius 3 is 2.59 bits per heavy atom. The molecule has 1 amide bonds. The topological polar surface area (TPSA) is 53.5 Å². The number of nitrogens with one attached hydrogen (secondary N) is 2. The van der Waals surface area contributed by atoms with Gasteiger partial charge >= 0.3 is 0 Å². The van der Waals surface area contributed by atoms with Crippen molar-refractivity contribution in [1.29, 1.82) is 0 Å². The van der Waals surface area contributed by atoms with Crippen molar-refractivity contribution in [2.75, 3.05) is 5.32 Å². The van der Waals surface area contributed by atoms with E-state index in [0.29, 0.717) is 5.02 Å². The first kappa shape index (κ1) is 16.0. The molecular weight excluding hydrogens is 298 g/mol. The van der Waals surface area contributed by atoms with E-state index in [1.807, 2.05) is 49.4 Å². The number of para-hydroxylation sites is 1. The number of aryl methyl sites for hydroxylation is 1. The zero-order valence-corrected chi connectivity index (χ0v) is 13.3. The lowest BCUT2D eigenvalue weighted by Crippen LogP contribution is -2.35. The van der Waals surface area contributed by atoms with Gasteiger partial charge in [-0.3, -0.25) is 4.79 Å². The predicted molar refractivity (Wildman–Crippen MR) is 91.5 cm³/mol.